The minimum absolute atomic E-state index is 0.138. The minimum atomic E-state index is 0.138. The Balaban J connectivity index is 1.35. The molecule has 2 aliphatic heterocycles. The van der Waals surface area contributed by atoms with Crippen molar-refractivity contribution in [1.82, 2.24) is 15.1 Å². The van der Waals surface area contributed by atoms with E-state index in [1.54, 1.807) is 0 Å². The van der Waals surface area contributed by atoms with Crippen molar-refractivity contribution < 1.29 is 4.79 Å². The Morgan fingerprint density at radius 1 is 1.07 bits per heavy atom. The number of anilines is 1. The maximum atomic E-state index is 12.5. The zero-order valence-corrected chi connectivity index (χ0v) is 17.9. The van der Waals surface area contributed by atoms with Crippen LogP contribution in [0, 0.1) is 5.92 Å². The van der Waals surface area contributed by atoms with Crippen molar-refractivity contribution in [1.29, 1.82) is 0 Å². The van der Waals surface area contributed by atoms with Gasteiger partial charge in [-0.1, -0.05) is 6.92 Å². The molecule has 2 fully saturated rings. The topological polar surface area (TPSA) is 47.6 Å². The summed E-state index contributed by atoms with van der Waals surface area (Å²) in [5, 5.41) is 7.14. The lowest BCUT2D eigenvalue weighted by molar-refractivity contribution is 0.0724. The van der Waals surface area contributed by atoms with Crippen LogP contribution in [-0.2, 0) is 0 Å². The molecule has 2 aliphatic rings. The quantitative estimate of drug-likeness (QED) is 0.561. The van der Waals surface area contributed by atoms with Gasteiger partial charge >= 0.3 is 0 Å². The second-order valence-corrected chi connectivity index (χ2v) is 8.60. The molecule has 0 atom stereocenters. The van der Waals surface area contributed by atoms with Crippen molar-refractivity contribution in [3.05, 3.63) is 29.8 Å². The second-order valence-electron chi connectivity index (χ2n) is 8.19. The first-order valence-electron chi connectivity index (χ1n) is 10.8. The van der Waals surface area contributed by atoms with Gasteiger partial charge in [-0.25, -0.2) is 0 Å². The zero-order valence-electron chi connectivity index (χ0n) is 17.1. The highest BCUT2D eigenvalue weighted by Gasteiger charge is 2.18. The SMILES string of the molecule is CC1CCN(CCCNC(=S)Nc2ccc(C(=O)N3CCCCC3)cc2)CC1. The fraction of sp³-hybridized carbons (Fsp3) is 0.636. The fourth-order valence-corrected chi connectivity index (χ4v) is 4.16. The van der Waals surface area contributed by atoms with E-state index >= 15 is 0 Å². The number of thiocarbonyl (C=S) groups is 1. The first-order valence-corrected chi connectivity index (χ1v) is 11.2. The van der Waals surface area contributed by atoms with E-state index in [0.29, 0.717) is 5.11 Å². The van der Waals surface area contributed by atoms with Crippen LogP contribution in [0.3, 0.4) is 0 Å². The number of carbonyl (C=O) groups excluding carboxylic acids is 1. The molecular formula is C22H34N4OS. The predicted molar refractivity (Wildman–Crippen MR) is 120 cm³/mol. The fourth-order valence-electron chi connectivity index (χ4n) is 3.94. The molecule has 0 aromatic heterocycles. The zero-order chi connectivity index (χ0) is 19.8. The van der Waals surface area contributed by atoms with Gasteiger partial charge in [0.2, 0.25) is 0 Å². The highest BCUT2D eigenvalue weighted by Crippen LogP contribution is 2.16. The molecule has 28 heavy (non-hydrogen) atoms. The van der Waals surface area contributed by atoms with E-state index in [0.717, 1.165) is 62.6 Å². The van der Waals surface area contributed by atoms with Gasteiger partial charge in [0.05, 0.1) is 0 Å². The van der Waals surface area contributed by atoms with Gasteiger partial charge in [0, 0.05) is 30.9 Å². The van der Waals surface area contributed by atoms with Crippen LogP contribution < -0.4 is 10.6 Å². The smallest absolute Gasteiger partial charge is 0.253 e. The lowest BCUT2D eigenvalue weighted by Gasteiger charge is -2.30. The van der Waals surface area contributed by atoms with E-state index in [2.05, 4.69) is 22.5 Å². The van der Waals surface area contributed by atoms with Crippen molar-refractivity contribution >= 4 is 28.9 Å². The van der Waals surface area contributed by atoms with Crippen molar-refractivity contribution in [2.75, 3.05) is 44.6 Å². The highest BCUT2D eigenvalue weighted by molar-refractivity contribution is 7.80. The van der Waals surface area contributed by atoms with Crippen molar-refractivity contribution in [2.24, 2.45) is 5.92 Å². The Bertz CT molecular complexity index is 634. The summed E-state index contributed by atoms with van der Waals surface area (Å²) in [7, 11) is 0. The largest absolute Gasteiger partial charge is 0.362 e. The van der Waals surface area contributed by atoms with E-state index in [9.17, 15) is 4.79 Å². The summed E-state index contributed by atoms with van der Waals surface area (Å²) in [6.07, 6.45) is 7.20. The number of amides is 1. The molecule has 5 nitrogen and oxygen atoms in total. The number of nitrogens with zero attached hydrogens (tertiary/aromatic N) is 2. The van der Waals surface area contributed by atoms with Gasteiger partial charge in [0.25, 0.3) is 5.91 Å². The number of likely N-dealkylation sites (tertiary alicyclic amines) is 2. The van der Waals surface area contributed by atoms with Crippen LogP contribution in [-0.4, -0.2) is 60.1 Å². The van der Waals surface area contributed by atoms with Gasteiger partial charge in [0.1, 0.15) is 0 Å². The molecular weight excluding hydrogens is 368 g/mol. The summed E-state index contributed by atoms with van der Waals surface area (Å²) < 4.78 is 0. The Morgan fingerprint density at radius 3 is 2.43 bits per heavy atom. The Hall–Kier alpha value is -1.66. The van der Waals surface area contributed by atoms with Gasteiger partial charge in [-0.15, -0.1) is 0 Å². The molecule has 0 radical (unpaired) electrons. The van der Waals surface area contributed by atoms with Crippen molar-refractivity contribution in [2.45, 2.75) is 45.4 Å². The van der Waals surface area contributed by atoms with Gasteiger partial charge in [-0.05, 0) is 101 Å². The maximum absolute atomic E-state index is 12.5. The Labute approximate surface area is 174 Å². The van der Waals surface area contributed by atoms with Crippen LogP contribution in [0.2, 0.25) is 0 Å². The second kappa shape index (κ2) is 10.8. The van der Waals surface area contributed by atoms with E-state index in [-0.39, 0.29) is 5.91 Å². The van der Waals surface area contributed by atoms with Gasteiger partial charge in [-0.2, -0.15) is 0 Å². The lowest BCUT2D eigenvalue weighted by atomic mass is 9.99. The van der Waals surface area contributed by atoms with Crippen molar-refractivity contribution in [3.8, 4) is 0 Å². The molecule has 154 valence electrons. The molecule has 0 spiro atoms. The van der Waals surface area contributed by atoms with Crippen LogP contribution in [0.1, 0.15) is 55.8 Å². The molecule has 6 heteroatoms. The van der Waals surface area contributed by atoms with Gasteiger partial charge < -0.3 is 20.4 Å². The minimum Gasteiger partial charge on any atom is -0.362 e. The first-order chi connectivity index (χ1) is 13.6. The summed E-state index contributed by atoms with van der Waals surface area (Å²) in [5.41, 5.74) is 1.67. The van der Waals surface area contributed by atoms with Gasteiger partial charge in [-0.3, -0.25) is 4.79 Å². The van der Waals surface area contributed by atoms with Crippen LogP contribution in [0.15, 0.2) is 24.3 Å². The normalized spacial score (nSPS) is 18.7. The van der Waals surface area contributed by atoms with E-state index in [1.807, 2.05) is 29.2 Å². The molecule has 3 rings (SSSR count). The number of nitrogens with one attached hydrogen (secondary N) is 2. The molecule has 1 aromatic carbocycles. The Morgan fingerprint density at radius 2 is 1.75 bits per heavy atom. The first kappa shape index (κ1) is 21.1. The van der Waals surface area contributed by atoms with E-state index in [4.69, 9.17) is 12.2 Å². The predicted octanol–water partition coefficient (Wildman–Crippen LogP) is 3.72. The number of benzene rings is 1. The van der Waals surface area contributed by atoms with Crippen LogP contribution >= 0.6 is 12.2 Å². The molecule has 2 saturated heterocycles. The summed E-state index contributed by atoms with van der Waals surface area (Å²) in [6, 6.07) is 7.64. The average Bonchev–Trinajstić information content (AvgIpc) is 2.73. The lowest BCUT2D eigenvalue weighted by Crippen LogP contribution is -2.36. The third-order valence-corrected chi connectivity index (χ3v) is 6.09. The molecule has 0 saturated carbocycles. The molecule has 1 aromatic rings. The standard InChI is InChI=1S/C22H34N4OS/c1-18-10-16-25(17-11-18)13-5-12-23-22(28)24-20-8-6-19(7-9-20)21(27)26-14-3-2-4-15-26/h6-9,18H,2-5,10-17H2,1H3,(H2,23,24,28). The molecule has 0 aliphatic carbocycles. The summed E-state index contributed by atoms with van der Waals surface area (Å²) in [5.74, 6) is 1.02. The molecule has 2 N–H and O–H groups in total. The average molecular weight is 403 g/mol. The molecule has 2 heterocycles. The van der Waals surface area contributed by atoms with E-state index < -0.39 is 0 Å². The number of hydrogen-bond donors (Lipinski definition) is 2. The summed E-state index contributed by atoms with van der Waals surface area (Å²) in [6.45, 7) is 8.57. The number of piperidine rings is 2. The molecule has 1 amide bonds. The van der Waals surface area contributed by atoms with Crippen LogP contribution in [0.25, 0.3) is 0 Å². The van der Waals surface area contributed by atoms with Crippen molar-refractivity contribution in [3.63, 3.8) is 0 Å². The van der Waals surface area contributed by atoms with Crippen LogP contribution in [0.5, 0.6) is 0 Å². The van der Waals surface area contributed by atoms with E-state index in [1.165, 1.54) is 32.4 Å². The Kier molecular flexibility index (Phi) is 8.10. The summed E-state index contributed by atoms with van der Waals surface area (Å²) >= 11 is 5.40. The molecule has 0 bridgehead atoms. The number of hydrogen-bond acceptors (Lipinski definition) is 3. The number of rotatable bonds is 6. The third-order valence-electron chi connectivity index (χ3n) is 5.85. The number of carbonyl (C=O) groups is 1. The van der Waals surface area contributed by atoms with Crippen LogP contribution in [0.4, 0.5) is 5.69 Å². The summed E-state index contributed by atoms with van der Waals surface area (Å²) in [4.78, 5) is 17.0. The highest BCUT2D eigenvalue weighted by atomic mass is 32.1. The molecule has 0 unspecified atom stereocenters. The van der Waals surface area contributed by atoms with Gasteiger partial charge in [0.15, 0.2) is 5.11 Å². The third kappa shape index (κ3) is 6.45. The maximum Gasteiger partial charge on any atom is 0.253 e. The monoisotopic (exact) mass is 402 g/mol.